The lowest BCUT2D eigenvalue weighted by atomic mass is 9.94. The number of hydrogen-bond donors (Lipinski definition) is 3. The lowest BCUT2D eigenvalue weighted by molar-refractivity contribution is -0.140. The molecule has 0 saturated heterocycles. The molecule has 2 heterocycles. The SMILES string of the molecule is C[C@H](NC(=O)C(=O)NC[C@@](O)(c1ccsc1)c1cccs1)c1ccccc1. The lowest BCUT2D eigenvalue weighted by Gasteiger charge is -2.27. The Morgan fingerprint density at radius 3 is 2.48 bits per heavy atom. The number of rotatable bonds is 6. The number of hydrogen-bond acceptors (Lipinski definition) is 5. The maximum Gasteiger partial charge on any atom is 0.309 e. The third kappa shape index (κ3) is 4.44. The minimum atomic E-state index is -1.37. The molecule has 3 N–H and O–H groups in total. The Kier molecular flexibility index (Phi) is 6.05. The van der Waals surface area contributed by atoms with Gasteiger partial charge in [-0.15, -0.1) is 11.3 Å². The predicted octanol–water partition coefficient (Wildman–Crippen LogP) is 3.04. The molecule has 1 aromatic carbocycles. The van der Waals surface area contributed by atoms with E-state index in [1.807, 2.05) is 71.6 Å². The van der Waals surface area contributed by atoms with Gasteiger partial charge in [0.2, 0.25) is 0 Å². The second-order valence-electron chi connectivity index (χ2n) is 6.14. The van der Waals surface area contributed by atoms with Crippen LogP contribution in [0.25, 0.3) is 0 Å². The number of thiophene rings is 2. The Hall–Kier alpha value is -2.48. The molecule has 2 atom stereocenters. The van der Waals surface area contributed by atoms with Gasteiger partial charge in [-0.2, -0.15) is 11.3 Å². The van der Waals surface area contributed by atoms with Gasteiger partial charge < -0.3 is 15.7 Å². The van der Waals surface area contributed by atoms with Crippen molar-refractivity contribution in [1.29, 1.82) is 0 Å². The molecule has 0 spiro atoms. The van der Waals surface area contributed by atoms with Crippen molar-refractivity contribution in [3.05, 3.63) is 80.7 Å². The molecule has 5 nitrogen and oxygen atoms in total. The Morgan fingerprint density at radius 1 is 1.07 bits per heavy atom. The zero-order valence-electron chi connectivity index (χ0n) is 14.7. The fourth-order valence-corrected chi connectivity index (χ4v) is 4.29. The summed E-state index contributed by atoms with van der Waals surface area (Å²) in [6, 6.07) is 14.6. The third-order valence-electron chi connectivity index (χ3n) is 4.29. The van der Waals surface area contributed by atoms with E-state index in [0.717, 1.165) is 5.56 Å². The molecule has 3 aromatic rings. The second kappa shape index (κ2) is 8.47. The van der Waals surface area contributed by atoms with Crippen LogP contribution in [0.2, 0.25) is 0 Å². The molecule has 2 aromatic heterocycles. The van der Waals surface area contributed by atoms with Crippen LogP contribution in [0.5, 0.6) is 0 Å². The van der Waals surface area contributed by atoms with Crippen molar-refractivity contribution >= 4 is 34.5 Å². The number of nitrogens with one attached hydrogen (secondary N) is 2. The van der Waals surface area contributed by atoms with Gasteiger partial charge in [0.1, 0.15) is 5.60 Å². The van der Waals surface area contributed by atoms with Crippen LogP contribution in [-0.4, -0.2) is 23.5 Å². The largest absolute Gasteiger partial charge is 0.378 e. The summed E-state index contributed by atoms with van der Waals surface area (Å²) in [5.74, 6) is -1.51. The van der Waals surface area contributed by atoms with E-state index in [2.05, 4.69) is 10.6 Å². The van der Waals surface area contributed by atoms with Crippen molar-refractivity contribution in [3.63, 3.8) is 0 Å². The summed E-state index contributed by atoms with van der Waals surface area (Å²) < 4.78 is 0. The molecular weight excluding hydrogens is 380 g/mol. The number of carbonyl (C=O) groups is 2. The topological polar surface area (TPSA) is 78.4 Å². The maximum atomic E-state index is 12.3. The molecule has 140 valence electrons. The average Bonchev–Trinajstić information content (AvgIpc) is 3.40. The molecular formula is C20H20N2O3S2. The average molecular weight is 401 g/mol. The predicted molar refractivity (Wildman–Crippen MR) is 108 cm³/mol. The molecule has 0 saturated carbocycles. The van der Waals surface area contributed by atoms with E-state index in [1.54, 1.807) is 0 Å². The Bertz CT molecular complexity index is 843. The first-order valence-corrected chi connectivity index (χ1v) is 10.3. The van der Waals surface area contributed by atoms with Gasteiger partial charge in [0.25, 0.3) is 0 Å². The molecule has 0 radical (unpaired) electrons. The van der Waals surface area contributed by atoms with Crippen molar-refractivity contribution in [2.75, 3.05) is 6.54 Å². The van der Waals surface area contributed by atoms with Gasteiger partial charge in [0.05, 0.1) is 12.6 Å². The normalized spacial score (nSPS) is 14.1. The van der Waals surface area contributed by atoms with Gasteiger partial charge in [-0.3, -0.25) is 9.59 Å². The molecule has 27 heavy (non-hydrogen) atoms. The number of carbonyl (C=O) groups excluding carboxylic acids is 2. The standard InChI is InChI=1S/C20H20N2O3S2/c1-14(15-6-3-2-4-7-15)22-19(24)18(23)21-13-20(25,16-9-11-26-12-16)17-8-5-10-27-17/h2-12,14,25H,13H2,1H3,(H,21,23)(H,22,24)/t14-,20+/m0/s1. The summed E-state index contributed by atoms with van der Waals surface area (Å²) in [4.78, 5) is 25.2. The van der Waals surface area contributed by atoms with Crippen molar-refractivity contribution < 1.29 is 14.7 Å². The summed E-state index contributed by atoms with van der Waals surface area (Å²) in [6.45, 7) is 1.73. The van der Waals surface area contributed by atoms with E-state index in [1.165, 1.54) is 22.7 Å². The Labute approximate surface area is 165 Å². The van der Waals surface area contributed by atoms with E-state index in [0.29, 0.717) is 10.4 Å². The van der Waals surface area contributed by atoms with E-state index in [4.69, 9.17) is 0 Å². The quantitative estimate of drug-likeness (QED) is 0.557. The summed E-state index contributed by atoms with van der Waals surface area (Å²) in [5.41, 5.74) is 0.232. The maximum absolute atomic E-state index is 12.3. The summed E-state index contributed by atoms with van der Waals surface area (Å²) >= 11 is 2.86. The molecule has 0 bridgehead atoms. The minimum absolute atomic E-state index is 0.0871. The first-order valence-electron chi connectivity index (χ1n) is 8.43. The highest BCUT2D eigenvalue weighted by molar-refractivity contribution is 7.10. The van der Waals surface area contributed by atoms with Crippen LogP contribution < -0.4 is 10.6 Å². The zero-order chi connectivity index (χ0) is 19.3. The summed E-state index contributed by atoms with van der Waals surface area (Å²) in [6.07, 6.45) is 0. The van der Waals surface area contributed by atoms with Gasteiger partial charge in [-0.05, 0) is 40.8 Å². The molecule has 0 aliphatic heterocycles. The summed E-state index contributed by atoms with van der Waals surface area (Å²) in [7, 11) is 0. The highest BCUT2D eigenvalue weighted by Crippen LogP contribution is 2.33. The smallest absolute Gasteiger partial charge is 0.309 e. The van der Waals surface area contributed by atoms with Crippen LogP contribution in [0.15, 0.2) is 64.7 Å². The van der Waals surface area contributed by atoms with Gasteiger partial charge >= 0.3 is 11.8 Å². The highest BCUT2D eigenvalue weighted by atomic mass is 32.1. The first-order chi connectivity index (χ1) is 13.0. The fraction of sp³-hybridized carbons (Fsp3) is 0.200. The van der Waals surface area contributed by atoms with Crippen LogP contribution in [0.3, 0.4) is 0 Å². The molecule has 0 fully saturated rings. The van der Waals surface area contributed by atoms with Crippen LogP contribution in [0, 0.1) is 0 Å². The highest BCUT2D eigenvalue weighted by Gasteiger charge is 2.34. The molecule has 0 aliphatic rings. The van der Waals surface area contributed by atoms with E-state index in [9.17, 15) is 14.7 Å². The van der Waals surface area contributed by atoms with Crippen molar-refractivity contribution in [2.45, 2.75) is 18.6 Å². The van der Waals surface area contributed by atoms with Crippen LogP contribution in [-0.2, 0) is 15.2 Å². The van der Waals surface area contributed by atoms with Crippen LogP contribution in [0.1, 0.15) is 29.0 Å². The van der Waals surface area contributed by atoms with Crippen LogP contribution >= 0.6 is 22.7 Å². The second-order valence-corrected chi connectivity index (χ2v) is 7.87. The number of amides is 2. The summed E-state index contributed by atoms with van der Waals surface area (Å²) in [5, 5.41) is 22.0. The number of benzene rings is 1. The van der Waals surface area contributed by atoms with Gasteiger partial charge in [-0.25, -0.2) is 0 Å². The van der Waals surface area contributed by atoms with Crippen molar-refractivity contribution in [1.82, 2.24) is 10.6 Å². The lowest BCUT2D eigenvalue weighted by Crippen LogP contribution is -2.46. The number of aliphatic hydroxyl groups is 1. The van der Waals surface area contributed by atoms with Crippen LogP contribution in [0.4, 0.5) is 0 Å². The Morgan fingerprint density at radius 2 is 1.85 bits per heavy atom. The molecule has 2 amide bonds. The van der Waals surface area contributed by atoms with Gasteiger partial charge in [0, 0.05) is 10.4 Å². The van der Waals surface area contributed by atoms with E-state index < -0.39 is 17.4 Å². The monoisotopic (exact) mass is 400 g/mol. The van der Waals surface area contributed by atoms with E-state index in [-0.39, 0.29) is 12.6 Å². The third-order valence-corrected chi connectivity index (χ3v) is 5.99. The van der Waals surface area contributed by atoms with Crippen molar-refractivity contribution in [2.24, 2.45) is 0 Å². The minimum Gasteiger partial charge on any atom is -0.378 e. The van der Waals surface area contributed by atoms with Gasteiger partial charge in [0.15, 0.2) is 0 Å². The van der Waals surface area contributed by atoms with Gasteiger partial charge in [-0.1, -0.05) is 36.4 Å². The molecule has 7 heteroatoms. The fourth-order valence-electron chi connectivity index (χ4n) is 2.72. The first kappa shape index (κ1) is 19.3. The van der Waals surface area contributed by atoms with E-state index >= 15 is 0 Å². The molecule has 0 unspecified atom stereocenters. The Balaban J connectivity index is 1.65. The zero-order valence-corrected chi connectivity index (χ0v) is 16.3. The molecule has 0 aliphatic carbocycles. The molecule has 3 rings (SSSR count). The van der Waals surface area contributed by atoms with Crippen molar-refractivity contribution in [3.8, 4) is 0 Å².